The molecule has 2 aromatic carbocycles. The Hall–Kier alpha value is -3.30. The molecule has 1 aliphatic carbocycles. The van der Waals surface area contributed by atoms with Gasteiger partial charge < -0.3 is 16.0 Å². The third kappa shape index (κ3) is 6.86. The standard InChI is InChI=1S/C14H16NPS.C13H12N2O3/c1-15-14(6-7-14)10-4-5-12(16)11(9-10)13-3-2-8-17-13;1-2-7-14-12(17)13(18)15-8-10-5-3-4-6-11(10)9-16/h2-5,8-9,15H,6-7,16H2,1H3;1,3-6,9H,7-8H2,(H,14,17)(H,15,18). The van der Waals surface area contributed by atoms with E-state index in [2.05, 4.69) is 73.9 Å². The highest BCUT2D eigenvalue weighted by molar-refractivity contribution is 7.28. The fraction of sp³-hybridized carbons (Fsp3) is 0.222. The van der Waals surface area contributed by atoms with Crippen LogP contribution in [-0.4, -0.2) is 31.7 Å². The molecule has 2 amide bonds. The van der Waals surface area contributed by atoms with Gasteiger partial charge in [-0.2, -0.15) is 0 Å². The first-order valence-electron chi connectivity index (χ1n) is 11.1. The topological polar surface area (TPSA) is 87.3 Å². The van der Waals surface area contributed by atoms with E-state index in [0.717, 1.165) is 0 Å². The minimum Gasteiger partial charge on any atom is -0.344 e. The molecule has 0 bridgehead atoms. The summed E-state index contributed by atoms with van der Waals surface area (Å²) in [5, 5.41) is 11.5. The minimum absolute atomic E-state index is 0.00280. The van der Waals surface area contributed by atoms with Crippen molar-refractivity contribution in [3.8, 4) is 22.8 Å². The molecule has 35 heavy (non-hydrogen) atoms. The van der Waals surface area contributed by atoms with Crippen molar-refractivity contribution in [2.45, 2.75) is 24.9 Å². The monoisotopic (exact) mass is 505 g/mol. The Bertz CT molecular complexity index is 1230. The first-order valence-corrected chi connectivity index (χ1v) is 12.5. The van der Waals surface area contributed by atoms with E-state index in [4.69, 9.17) is 6.42 Å². The second-order valence-corrected chi connectivity index (χ2v) is 9.57. The summed E-state index contributed by atoms with van der Waals surface area (Å²) >= 11 is 1.80. The summed E-state index contributed by atoms with van der Waals surface area (Å²) in [5.74, 6) is 0.606. The van der Waals surface area contributed by atoms with Crippen LogP contribution in [0.3, 0.4) is 0 Å². The number of benzene rings is 2. The molecule has 6 nitrogen and oxygen atoms in total. The smallest absolute Gasteiger partial charge is 0.310 e. The average molecular weight is 506 g/mol. The molecule has 0 radical (unpaired) electrons. The van der Waals surface area contributed by atoms with Crippen molar-refractivity contribution in [2.75, 3.05) is 13.6 Å². The molecule has 4 rings (SSSR count). The quantitative estimate of drug-likeness (QED) is 0.199. The maximum Gasteiger partial charge on any atom is 0.310 e. The van der Waals surface area contributed by atoms with Gasteiger partial charge in [0.15, 0.2) is 0 Å². The van der Waals surface area contributed by atoms with E-state index in [0.29, 0.717) is 17.4 Å². The third-order valence-corrected chi connectivity index (χ3v) is 7.21. The summed E-state index contributed by atoms with van der Waals surface area (Å²) < 4.78 is 0. The lowest BCUT2D eigenvalue weighted by atomic mass is 10.0. The van der Waals surface area contributed by atoms with Crippen LogP contribution in [0.1, 0.15) is 34.3 Å². The van der Waals surface area contributed by atoms with Crippen LogP contribution in [0.15, 0.2) is 60.0 Å². The number of terminal acetylenes is 1. The zero-order chi connectivity index (χ0) is 25.3. The molecular weight excluding hydrogens is 477 g/mol. The van der Waals surface area contributed by atoms with Gasteiger partial charge in [-0.25, -0.2) is 0 Å². The molecule has 1 fully saturated rings. The van der Waals surface area contributed by atoms with Crippen LogP contribution in [0.25, 0.3) is 10.4 Å². The van der Waals surface area contributed by atoms with Crippen molar-refractivity contribution in [1.29, 1.82) is 0 Å². The van der Waals surface area contributed by atoms with E-state index in [1.54, 1.807) is 35.6 Å². The lowest BCUT2D eigenvalue weighted by Gasteiger charge is -2.16. The Kier molecular flexibility index (Phi) is 9.33. The molecule has 1 saturated carbocycles. The summed E-state index contributed by atoms with van der Waals surface area (Å²) in [6.07, 6.45) is 8.15. The number of amides is 2. The number of nitrogens with one attached hydrogen (secondary N) is 3. The Morgan fingerprint density at radius 1 is 1.11 bits per heavy atom. The highest BCUT2D eigenvalue weighted by Crippen LogP contribution is 2.45. The molecule has 3 aromatic rings. The summed E-state index contributed by atoms with van der Waals surface area (Å²) in [5.41, 5.74) is 4.15. The van der Waals surface area contributed by atoms with Gasteiger partial charge in [0, 0.05) is 22.5 Å². The Morgan fingerprint density at radius 3 is 2.49 bits per heavy atom. The molecule has 1 heterocycles. The van der Waals surface area contributed by atoms with Crippen LogP contribution < -0.4 is 21.3 Å². The zero-order valence-electron chi connectivity index (χ0n) is 19.5. The number of carbonyl (C=O) groups excluding carboxylic acids is 3. The highest BCUT2D eigenvalue weighted by Gasteiger charge is 2.42. The van der Waals surface area contributed by atoms with Gasteiger partial charge in [-0.1, -0.05) is 48.4 Å². The van der Waals surface area contributed by atoms with E-state index in [1.807, 2.05) is 0 Å². The molecule has 1 aromatic heterocycles. The van der Waals surface area contributed by atoms with Crippen LogP contribution in [0.2, 0.25) is 0 Å². The predicted molar refractivity (Wildman–Crippen MR) is 145 cm³/mol. The van der Waals surface area contributed by atoms with Crippen molar-refractivity contribution in [3.63, 3.8) is 0 Å². The highest BCUT2D eigenvalue weighted by atomic mass is 32.1. The molecule has 3 N–H and O–H groups in total. The van der Waals surface area contributed by atoms with Crippen LogP contribution >= 0.6 is 20.6 Å². The van der Waals surface area contributed by atoms with Gasteiger partial charge in [0.05, 0.1) is 6.54 Å². The molecule has 1 atom stereocenters. The molecule has 0 spiro atoms. The minimum atomic E-state index is -0.795. The van der Waals surface area contributed by atoms with Crippen LogP contribution in [-0.2, 0) is 21.7 Å². The molecule has 1 aliphatic rings. The summed E-state index contributed by atoms with van der Waals surface area (Å²) in [6, 6.07) is 17.9. The predicted octanol–water partition coefficient (Wildman–Crippen LogP) is 2.99. The molecule has 8 heteroatoms. The number of aldehydes is 1. The zero-order valence-corrected chi connectivity index (χ0v) is 21.4. The van der Waals surface area contributed by atoms with Gasteiger partial charge in [0.2, 0.25) is 0 Å². The van der Waals surface area contributed by atoms with Crippen molar-refractivity contribution in [2.24, 2.45) is 0 Å². The number of hydrogen-bond acceptors (Lipinski definition) is 5. The third-order valence-electron chi connectivity index (χ3n) is 5.80. The largest absolute Gasteiger partial charge is 0.344 e. The van der Waals surface area contributed by atoms with E-state index < -0.39 is 11.8 Å². The summed E-state index contributed by atoms with van der Waals surface area (Å²) in [4.78, 5) is 34.6. The molecule has 1 unspecified atom stereocenters. The average Bonchev–Trinajstić information content (AvgIpc) is 3.50. The fourth-order valence-corrected chi connectivity index (χ4v) is 4.79. The van der Waals surface area contributed by atoms with Crippen molar-refractivity contribution >= 4 is 44.0 Å². The second kappa shape index (κ2) is 12.4. The van der Waals surface area contributed by atoms with Crippen molar-refractivity contribution < 1.29 is 14.4 Å². The first kappa shape index (κ1) is 26.3. The number of thiophene rings is 1. The van der Waals surface area contributed by atoms with Gasteiger partial charge >= 0.3 is 11.8 Å². The SMILES string of the molecule is C#CCNC(=O)C(=O)NCc1ccccc1C=O.CNC1(c2ccc(P)c(-c3cccs3)c2)CC1. The fourth-order valence-electron chi connectivity index (χ4n) is 3.58. The van der Waals surface area contributed by atoms with Gasteiger partial charge in [0.1, 0.15) is 6.29 Å². The summed E-state index contributed by atoms with van der Waals surface area (Å²) in [7, 11) is 4.90. The van der Waals surface area contributed by atoms with E-state index >= 15 is 0 Å². The van der Waals surface area contributed by atoms with Crippen LogP contribution in [0.5, 0.6) is 0 Å². The van der Waals surface area contributed by atoms with E-state index in [-0.39, 0.29) is 18.6 Å². The first-order chi connectivity index (χ1) is 16.9. The van der Waals surface area contributed by atoms with Gasteiger partial charge in [-0.3, -0.25) is 14.4 Å². The Labute approximate surface area is 212 Å². The van der Waals surface area contributed by atoms with Crippen molar-refractivity contribution in [1.82, 2.24) is 16.0 Å². The molecule has 0 saturated heterocycles. The normalized spacial score (nSPS) is 12.9. The number of rotatable bonds is 7. The lowest BCUT2D eigenvalue weighted by molar-refractivity contribution is -0.139. The van der Waals surface area contributed by atoms with Crippen LogP contribution in [0.4, 0.5) is 0 Å². The maximum absolute atomic E-state index is 11.3. The molecule has 0 aliphatic heterocycles. The molecule has 180 valence electrons. The Morgan fingerprint density at radius 2 is 1.86 bits per heavy atom. The van der Waals surface area contributed by atoms with Crippen LogP contribution in [0, 0.1) is 12.3 Å². The van der Waals surface area contributed by atoms with Crippen molar-refractivity contribution in [3.05, 3.63) is 76.7 Å². The number of hydrogen-bond donors (Lipinski definition) is 3. The Balaban J connectivity index is 0.000000196. The lowest BCUT2D eigenvalue weighted by Crippen LogP contribution is -2.39. The van der Waals surface area contributed by atoms with E-state index in [1.165, 1.54) is 34.2 Å². The maximum atomic E-state index is 11.3. The summed E-state index contributed by atoms with van der Waals surface area (Å²) in [6.45, 7) is 0.106. The second-order valence-electron chi connectivity index (χ2n) is 8.00. The molecular formula is C27H28N3O3PS. The van der Waals surface area contributed by atoms with Gasteiger partial charge in [0.25, 0.3) is 0 Å². The van der Waals surface area contributed by atoms with Gasteiger partial charge in [-0.15, -0.1) is 27.0 Å². The van der Waals surface area contributed by atoms with Gasteiger partial charge in [-0.05, 0) is 59.4 Å². The number of carbonyl (C=O) groups is 3. The van der Waals surface area contributed by atoms with E-state index in [9.17, 15) is 14.4 Å².